The third kappa shape index (κ3) is 63.3. The number of phosphoric ester groups is 1. The number of hydrogen-bond acceptors (Lipinski definition) is 6. The number of nitrogens with zero attached hydrogens (tertiary/aromatic N) is 1. The lowest BCUT2D eigenvalue weighted by Gasteiger charge is -2.27. The maximum Gasteiger partial charge on any atom is 0.472 e. The first-order valence-corrected chi connectivity index (χ1v) is 36.1. The summed E-state index contributed by atoms with van der Waals surface area (Å²) < 4.78 is 30.8. The molecule has 0 aliphatic carbocycles. The fraction of sp³-hybridized carbons (Fsp3) is 0.753. The van der Waals surface area contributed by atoms with Crippen LogP contribution in [0.2, 0.25) is 0 Å². The summed E-state index contributed by atoms with van der Waals surface area (Å²) in [6, 6.07) is -0.869. The summed E-state index contributed by atoms with van der Waals surface area (Å²) in [6.45, 7) is 6.95. The summed E-state index contributed by atoms with van der Waals surface area (Å²) in [5.74, 6) is -0.540. The first kappa shape index (κ1) is 79.9. The summed E-state index contributed by atoms with van der Waals surface area (Å²) in [7, 11) is 1.47. The summed E-state index contributed by atoms with van der Waals surface area (Å²) in [5.41, 5.74) is 0. The lowest BCUT2D eigenvalue weighted by molar-refractivity contribution is -0.870. The fourth-order valence-electron chi connectivity index (χ4n) is 9.64. The minimum Gasteiger partial charge on any atom is -0.456 e. The molecule has 0 fully saturated rings. The van der Waals surface area contributed by atoms with Gasteiger partial charge in [-0.2, -0.15) is 0 Å². The molecule has 0 saturated heterocycles. The first-order chi connectivity index (χ1) is 40.4. The van der Waals surface area contributed by atoms with E-state index < -0.39 is 20.0 Å². The molecule has 0 aromatic carbocycles. The van der Waals surface area contributed by atoms with Crippen molar-refractivity contribution in [2.75, 3.05) is 40.9 Å². The molecular weight excluding hydrogens is 1050 g/mol. The highest BCUT2D eigenvalue weighted by molar-refractivity contribution is 7.47. The van der Waals surface area contributed by atoms with Crippen molar-refractivity contribution >= 4 is 19.7 Å². The van der Waals surface area contributed by atoms with Crippen molar-refractivity contribution in [3.63, 3.8) is 0 Å². The van der Waals surface area contributed by atoms with E-state index >= 15 is 0 Å². The number of allylic oxidation sites excluding steroid dienone is 15. The molecule has 0 spiro atoms. The molecule has 480 valence electrons. The molecule has 0 aliphatic rings. The van der Waals surface area contributed by atoms with E-state index in [2.05, 4.69) is 111 Å². The zero-order valence-electron chi connectivity index (χ0n) is 54.9. The fourth-order valence-corrected chi connectivity index (χ4v) is 10.4. The van der Waals surface area contributed by atoms with Crippen molar-refractivity contribution in [3.8, 4) is 0 Å². The molecule has 0 aromatic heterocycles. The second-order valence-corrected chi connectivity index (χ2v) is 25.8. The van der Waals surface area contributed by atoms with E-state index in [4.69, 9.17) is 13.8 Å². The standard InChI is InChI=1S/C73H131N2O7P/c1-7-10-13-16-19-22-25-28-30-32-34-35-36-37-38-39-41-42-44-47-50-53-56-59-62-65-72(76)74-70(69-81-83(78,79)80-68-67-75(4,5)6)71(64-61-58-55-52-49-46-27-24-21-18-15-12-9-3)82-73(77)66-63-60-57-54-51-48-45-43-40-33-31-29-26-23-20-17-14-11-8-2/h19-20,22-23,28-31,34-35,40,43,48,51,61,64,70-71H,7-18,21,24-27,32-33,36-39,41-42,44-47,49-50,52-60,62-63,65-69H2,1-6H3,(H-,74,76,78,79)/p+1/b22-19-,23-20-,30-28-,31-29-,35-34-,43-40-,51-48-,64-61-. The number of unbranched alkanes of at least 4 members (excludes halogenated alkanes) is 32. The molecule has 0 radical (unpaired) electrons. The van der Waals surface area contributed by atoms with Gasteiger partial charge in [-0.3, -0.25) is 18.6 Å². The van der Waals surface area contributed by atoms with Gasteiger partial charge in [-0.05, 0) is 115 Å². The predicted molar refractivity (Wildman–Crippen MR) is 360 cm³/mol. The normalized spacial score (nSPS) is 14.2. The summed E-state index contributed by atoms with van der Waals surface area (Å²) in [5, 5.41) is 3.06. The lowest BCUT2D eigenvalue weighted by Crippen LogP contribution is -2.47. The minimum absolute atomic E-state index is 0.0309. The number of quaternary nitrogens is 1. The van der Waals surface area contributed by atoms with Crippen molar-refractivity contribution in [2.45, 2.75) is 315 Å². The average molecular weight is 1180 g/mol. The van der Waals surface area contributed by atoms with Gasteiger partial charge >= 0.3 is 13.8 Å². The molecule has 0 rings (SSSR count). The van der Waals surface area contributed by atoms with Crippen LogP contribution in [0.25, 0.3) is 0 Å². The monoisotopic (exact) mass is 1180 g/mol. The Bertz CT molecular complexity index is 1740. The first-order valence-electron chi connectivity index (χ1n) is 34.6. The van der Waals surface area contributed by atoms with Crippen LogP contribution in [0, 0.1) is 0 Å². The van der Waals surface area contributed by atoms with Gasteiger partial charge in [0.1, 0.15) is 19.3 Å². The third-order valence-electron chi connectivity index (χ3n) is 15.0. The van der Waals surface area contributed by atoms with Gasteiger partial charge in [0.25, 0.3) is 0 Å². The Balaban J connectivity index is 5.19. The minimum atomic E-state index is -4.47. The van der Waals surface area contributed by atoms with E-state index in [0.29, 0.717) is 23.9 Å². The van der Waals surface area contributed by atoms with Crippen molar-refractivity contribution < 1.29 is 37.3 Å². The van der Waals surface area contributed by atoms with Gasteiger partial charge in [-0.1, -0.05) is 272 Å². The van der Waals surface area contributed by atoms with E-state index in [1.165, 1.54) is 173 Å². The largest absolute Gasteiger partial charge is 0.472 e. The molecule has 0 saturated carbocycles. The zero-order chi connectivity index (χ0) is 60.7. The van der Waals surface area contributed by atoms with Crippen LogP contribution in [0.3, 0.4) is 0 Å². The van der Waals surface area contributed by atoms with Crippen molar-refractivity contribution in [3.05, 3.63) is 97.2 Å². The van der Waals surface area contributed by atoms with Crippen LogP contribution in [0.1, 0.15) is 303 Å². The molecule has 0 bridgehead atoms. The number of ether oxygens (including phenoxy) is 1. The smallest absolute Gasteiger partial charge is 0.456 e. The molecule has 2 N–H and O–H groups in total. The second-order valence-electron chi connectivity index (χ2n) is 24.3. The quantitative estimate of drug-likeness (QED) is 0.0205. The van der Waals surface area contributed by atoms with Gasteiger partial charge in [-0.15, -0.1) is 0 Å². The number of carbonyl (C=O) groups is 2. The summed E-state index contributed by atoms with van der Waals surface area (Å²) in [6.07, 6.45) is 84.1. The van der Waals surface area contributed by atoms with Crippen LogP contribution in [0.15, 0.2) is 97.2 Å². The molecule has 3 atom stereocenters. The van der Waals surface area contributed by atoms with E-state index in [1.807, 2.05) is 33.3 Å². The summed E-state index contributed by atoms with van der Waals surface area (Å²) >= 11 is 0. The Kier molecular flexibility index (Phi) is 59.7. The highest BCUT2D eigenvalue weighted by Gasteiger charge is 2.30. The number of hydrogen-bond donors (Lipinski definition) is 2. The molecular formula is C73H132N2O7P+. The molecule has 0 aliphatic heterocycles. The average Bonchev–Trinajstić information content (AvgIpc) is 3.46. The molecule has 0 aromatic rings. The number of rotatable bonds is 62. The van der Waals surface area contributed by atoms with Gasteiger partial charge in [0.15, 0.2) is 0 Å². The van der Waals surface area contributed by atoms with Gasteiger partial charge in [0.05, 0.1) is 33.8 Å². The van der Waals surface area contributed by atoms with Gasteiger partial charge in [0, 0.05) is 12.8 Å². The topological polar surface area (TPSA) is 111 Å². The zero-order valence-corrected chi connectivity index (χ0v) is 55.8. The Morgan fingerprint density at radius 1 is 0.422 bits per heavy atom. The SMILES string of the molecule is CCCCC/C=C\C/C=C\C/C=C\C/C=C\CCCCCC(=O)OC(/C=C\CCCCCCCCCCCCC)C(COP(=O)(O)OCC[N+](C)(C)C)NC(=O)CCCCCCCCCCCCCC/C=C\C/C=C\C/C=C\CCCCC. The second kappa shape index (κ2) is 62.0. The maximum absolute atomic E-state index is 13.6. The Hall–Kier alpha value is -3.07. The molecule has 3 unspecified atom stereocenters. The predicted octanol–water partition coefficient (Wildman–Crippen LogP) is 21.9. The third-order valence-corrected chi connectivity index (χ3v) is 16.0. The van der Waals surface area contributed by atoms with E-state index in [-0.39, 0.29) is 31.5 Å². The van der Waals surface area contributed by atoms with Crippen molar-refractivity contribution in [2.24, 2.45) is 0 Å². The number of likely N-dealkylation sites (N-methyl/N-ethyl adjacent to an activating group) is 1. The highest BCUT2D eigenvalue weighted by atomic mass is 31.2. The Labute approximate surface area is 513 Å². The van der Waals surface area contributed by atoms with Crippen LogP contribution in [0.5, 0.6) is 0 Å². The molecule has 83 heavy (non-hydrogen) atoms. The Morgan fingerprint density at radius 3 is 1.13 bits per heavy atom. The Morgan fingerprint density at radius 2 is 0.735 bits per heavy atom. The number of carbonyl (C=O) groups excluding carboxylic acids is 2. The van der Waals surface area contributed by atoms with Gasteiger partial charge in [0.2, 0.25) is 5.91 Å². The van der Waals surface area contributed by atoms with Crippen LogP contribution in [-0.2, 0) is 27.9 Å². The van der Waals surface area contributed by atoms with E-state index in [9.17, 15) is 19.0 Å². The van der Waals surface area contributed by atoms with Crippen molar-refractivity contribution in [1.29, 1.82) is 0 Å². The molecule has 10 heteroatoms. The number of esters is 1. The number of amides is 1. The number of phosphoric acid groups is 1. The maximum atomic E-state index is 13.6. The van der Waals surface area contributed by atoms with Gasteiger partial charge < -0.3 is 19.4 Å². The van der Waals surface area contributed by atoms with Crippen LogP contribution in [-0.4, -0.2) is 74.3 Å². The van der Waals surface area contributed by atoms with Crippen LogP contribution in [0.4, 0.5) is 0 Å². The highest BCUT2D eigenvalue weighted by Crippen LogP contribution is 2.43. The van der Waals surface area contributed by atoms with Crippen molar-refractivity contribution in [1.82, 2.24) is 5.32 Å². The summed E-state index contributed by atoms with van der Waals surface area (Å²) in [4.78, 5) is 37.9. The van der Waals surface area contributed by atoms with Gasteiger partial charge in [-0.25, -0.2) is 4.57 Å². The molecule has 9 nitrogen and oxygen atoms in total. The molecule has 0 heterocycles. The lowest BCUT2D eigenvalue weighted by atomic mass is 10.0. The van der Waals surface area contributed by atoms with Crippen LogP contribution < -0.4 is 5.32 Å². The molecule has 1 amide bonds. The van der Waals surface area contributed by atoms with Crippen LogP contribution >= 0.6 is 7.82 Å². The van der Waals surface area contributed by atoms with E-state index in [1.54, 1.807) is 0 Å². The number of nitrogens with one attached hydrogen (secondary N) is 1. The van der Waals surface area contributed by atoms with E-state index in [0.717, 1.165) is 89.9 Å².